The van der Waals surface area contributed by atoms with Crippen molar-refractivity contribution in [3.8, 4) is 0 Å². The van der Waals surface area contributed by atoms with Crippen LogP contribution in [0.3, 0.4) is 0 Å². The molecule has 3 heteroatoms. The number of amides is 1. The summed E-state index contributed by atoms with van der Waals surface area (Å²) in [5.41, 5.74) is 3.33. The molecular formula is C13H18BrNO. The van der Waals surface area contributed by atoms with Gasteiger partial charge in [-0.05, 0) is 38.8 Å². The Hall–Kier alpha value is -0.830. The third-order valence-corrected chi connectivity index (χ3v) is 3.02. The number of para-hydroxylation sites is 1. The minimum atomic E-state index is -0.147. The van der Waals surface area contributed by atoms with E-state index in [0.29, 0.717) is 6.54 Å². The molecule has 0 saturated carbocycles. The molecule has 0 aliphatic heterocycles. The second kappa shape index (κ2) is 5.48. The Kier molecular flexibility index (Phi) is 4.54. The van der Waals surface area contributed by atoms with Gasteiger partial charge in [-0.3, -0.25) is 4.79 Å². The Balaban J connectivity index is 3.18. The molecule has 1 amide bonds. The number of hydrogen-bond donors (Lipinski definition) is 0. The highest BCUT2D eigenvalue weighted by Gasteiger charge is 2.20. The highest BCUT2D eigenvalue weighted by Crippen LogP contribution is 2.25. The lowest BCUT2D eigenvalue weighted by molar-refractivity contribution is -0.117. The van der Waals surface area contributed by atoms with Crippen molar-refractivity contribution < 1.29 is 4.79 Å². The zero-order chi connectivity index (χ0) is 12.3. The van der Waals surface area contributed by atoms with Crippen LogP contribution < -0.4 is 4.90 Å². The molecule has 0 bridgehead atoms. The molecule has 0 unspecified atom stereocenters. The summed E-state index contributed by atoms with van der Waals surface area (Å²) in [7, 11) is 0. The molecular weight excluding hydrogens is 266 g/mol. The first-order valence-electron chi connectivity index (χ1n) is 5.50. The minimum absolute atomic E-state index is 0.111. The molecule has 0 spiro atoms. The van der Waals surface area contributed by atoms with Crippen LogP contribution in [0.2, 0.25) is 0 Å². The van der Waals surface area contributed by atoms with E-state index in [4.69, 9.17) is 0 Å². The van der Waals surface area contributed by atoms with Crippen LogP contribution in [-0.4, -0.2) is 17.3 Å². The van der Waals surface area contributed by atoms with E-state index >= 15 is 0 Å². The van der Waals surface area contributed by atoms with E-state index in [1.54, 1.807) is 0 Å². The SMILES string of the molecule is CCN(C(=O)[C@@H](C)Br)c1c(C)cccc1C. The smallest absolute Gasteiger partial charge is 0.240 e. The van der Waals surface area contributed by atoms with Crippen molar-refractivity contribution in [1.82, 2.24) is 0 Å². The largest absolute Gasteiger partial charge is 0.311 e. The number of nitrogens with zero attached hydrogens (tertiary/aromatic N) is 1. The molecule has 0 heterocycles. The maximum absolute atomic E-state index is 12.1. The van der Waals surface area contributed by atoms with Gasteiger partial charge < -0.3 is 4.90 Å². The van der Waals surface area contributed by atoms with Crippen LogP contribution in [0.15, 0.2) is 18.2 Å². The van der Waals surface area contributed by atoms with E-state index < -0.39 is 0 Å². The lowest BCUT2D eigenvalue weighted by Crippen LogP contribution is -2.36. The number of carbonyl (C=O) groups excluding carboxylic acids is 1. The average Bonchev–Trinajstić information content (AvgIpc) is 2.22. The van der Waals surface area contributed by atoms with Crippen LogP contribution in [0.1, 0.15) is 25.0 Å². The summed E-state index contributed by atoms with van der Waals surface area (Å²) in [5.74, 6) is 0.111. The van der Waals surface area contributed by atoms with Crippen molar-refractivity contribution in [2.24, 2.45) is 0 Å². The van der Waals surface area contributed by atoms with Crippen molar-refractivity contribution in [2.75, 3.05) is 11.4 Å². The van der Waals surface area contributed by atoms with E-state index in [1.807, 2.05) is 50.8 Å². The molecule has 0 aliphatic carbocycles. The van der Waals surface area contributed by atoms with Crippen molar-refractivity contribution in [3.05, 3.63) is 29.3 Å². The first kappa shape index (κ1) is 13.2. The standard InChI is InChI=1S/C13H18BrNO/c1-5-15(13(16)11(4)14)12-9(2)7-6-8-10(12)3/h6-8,11H,5H2,1-4H3/t11-/m1/s1. The Morgan fingerprint density at radius 2 is 1.88 bits per heavy atom. The second-order valence-corrected chi connectivity index (χ2v) is 5.31. The number of rotatable bonds is 3. The molecule has 1 rings (SSSR count). The Labute approximate surface area is 106 Å². The van der Waals surface area contributed by atoms with Crippen molar-refractivity contribution in [2.45, 2.75) is 32.5 Å². The fourth-order valence-electron chi connectivity index (χ4n) is 1.87. The van der Waals surface area contributed by atoms with Gasteiger partial charge in [-0.25, -0.2) is 0 Å². The molecule has 0 fully saturated rings. The van der Waals surface area contributed by atoms with Gasteiger partial charge >= 0.3 is 0 Å². The number of benzene rings is 1. The summed E-state index contributed by atoms with van der Waals surface area (Å²) in [5, 5.41) is 0. The van der Waals surface area contributed by atoms with Crippen LogP contribution in [0.5, 0.6) is 0 Å². The summed E-state index contributed by atoms with van der Waals surface area (Å²) in [6.45, 7) is 8.63. The van der Waals surface area contributed by atoms with E-state index in [1.165, 1.54) is 0 Å². The summed E-state index contributed by atoms with van der Waals surface area (Å²) < 4.78 is 0. The van der Waals surface area contributed by atoms with Gasteiger partial charge in [-0.2, -0.15) is 0 Å². The maximum atomic E-state index is 12.1. The van der Waals surface area contributed by atoms with Gasteiger partial charge in [0.1, 0.15) is 0 Å². The number of aryl methyl sites for hydroxylation is 2. The van der Waals surface area contributed by atoms with Crippen molar-refractivity contribution >= 4 is 27.5 Å². The van der Waals surface area contributed by atoms with Crippen LogP contribution in [0, 0.1) is 13.8 Å². The molecule has 88 valence electrons. The van der Waals surface area contributed by atoms with Gasteiger partial charge in [0, 0.05) is 12.2 Å². The Bertz CT molecular complexity index is 367. The van der Waals surface area contributed by atoms with Crippen LogP contribution in [0.25, 0.3) is 0 Å². The summed E-state index contributed by atoms with van der Waals surface area (Å²) >= 11 is 3.34. The molecule has 0 saturated heterocycles. The predicted octanol–water partition coefficient (Wildman–Crippen LogP) is 3.44. The molecule has 0 radical (unpaired) electrons. The van der Waals surface area contributed by atoms with Gasteiger partial charge in [0.2, 0.25) is 5.91 Å². The van der Waals surface area contributed by atoms with E-state index in [2.05, 4.69) is 15.9 Å². The highest BCUT2D eigenvalue weighted by atomic mass is 79.9. The van der Waals surface area contributed by atoms with E-state index in [0.717, 1.165) is 16.8 Å². The molecule has 16 heavy (non-hydrogen) atoms. The normalized spacial score (nSPS) is 12.3. The molecule has 0 N–H and O–H groups in total. The number of anilines is 1. The van der Waals surface area contributed by atoms with Gasteiger partial charge in [-0.15, -0.1) is 0 Å². The average molecular weight is 284 g/mol. The van der Waals surface area contributed by atoms with Gasteiger partial charge in [0.25, 0.3) is 0 Å². The number of halogens is 1. The summed E-state index contributed by atoms with van der Waals surface area (Å²) in [4.78, 5) is 13.7. The number of alkyl halides is 1. The molecule has 0 aromatic heterocycles. The van der Waals surface area contributed by atoms with Crippen LogP contribution >= 0.6 is 15.9 Å². The molecule has 1 aromatic carbocycles. The maximum Gasteiger partial charge on any atom is 0.240 e. The lowest BCUT2D eigenvalue weighted by atomic mass is 10.1. The monoisotopic (exact) mass is 283 g/mol. The number of carbonyl (C=O) groups is 1. The van der Waals surface area contributed by atoms with Crippen molar-refractivity contribution in [3.63, 3.8) is 0 Å². The highest BCUT2D eigenvalue weighted by molar-refractivity contribution is 9.10. The predicted molar refractivity (Wildman–Crippen MR) is 72.3 cm³/mol. The van der Waals surface area contributed by atoms with Crippen LogP contribution in [-0.2, 0) is 4.79 Å². The second-order valence-electron chi connectivity index (χ2n) is 3.94. The third-order valence-electron chi connectivity index (χ3n) is 2.63. The van der Waals surface area contributed by atoms with Gasteiger partial charge in [0.05, 0.1) is 4.83 Å². The Morgan fingerprint density at radius 3 is 2.25 bits per heavy atom. The zero-order valence-electron chi connectivity index (χ0n) is 10.2. The minimum Gasteiger partial charge on any atom is -0.311 e. The quantitative estimate of drug-likeness (QED) is 0.779. The summed E-state index contributed by atoms with van der Waals surface area (Å²) in [6.07, 6.45) is 0. The van der Waals surface area contributed by atoms with Gasteiger partial charge in [0.15, 0.2) is 0 Å². The Morgan fingerprint density at radius 1 is 1.38 bits per heavy atom. The molecule has 1 aromatic rings. The lowest BCUT2D eigenvalue weighted by Gasteiger charge is -2.26. The van der Waals surface area contributed by atoms with Crippen LogP contribution in [0.4, 0.5) is 5.69 Å². The topological polar surface area (TPSA) is 20.3 Å². The molecule has 0 aliphatic rings. The van der Waals surface area contributed by atoms with Crippen molar-refractivity contribution in [1.29, 1.82) is 0 Å². The molecule has 1 atom stereocenters. The number of hydrogen-bond acceptors (Lipinski definition) is 1. The van der Waals surface area contributed by atoms with E-state index in [9.17, 15) is 4.79 Å². The zero-order valence-corrected chi connectivity index (χ0v) is 11.8. The van der Waals surface area contributed by atoms with E-state index in [-0.39, 0.29) is 10.7 Å². The molecule has 2 nitrogen and oxygen atoms in total. The fraction of sp³-hybridized carbons (Fsp3) is 0.462. The first-order chi connectivity index (χ1) is 7.49. The fourth-order valence-corrected chi connectivity index (χ4v) is 2.12. The first-order valence-corrected chi connectivity index (χ1v) is 6.42. The summed E-state index contributed by atoms with van der Waals surface area (Å²) in [6, 6.07) is 6.10. The van der Waals surface area contributed by atoms with Gasteiger partial charge in [-0.1, -0.05) is 34.1 Å². The third kappa shape index (κ3) is 2.64.